The average Bonchev–Trinajstić information content (AvgIpc) is 3.12. The minimum Gasteiger partial charge on any atom is -0.493 e. The fourth-order valence-corrected chi connectivity index (χ4v) is 5.36. The standard InChI is InChI=1S/C37H51N5O9/c1-6-13-29(35(47)37(49)39-22-33(45)40-30(24-43)27-14-10-9-11-15-27)41-36(48)31(7-2)42(8-3)34(46)23-38-32(44)21-26-18-25(4)19-28(20-26)51-17-12-16-50-5/h9-11,14-15,18-20,24,29-31H,6-8,12-13,16-17,21-23H2,1-5H3,(H,38,44)(H,39,49)(H,40,45)(H,41,48). The molecule has 2 rings (SSSR count). The first-order chi connectivity index (χ1) is 24.5. The molecule has 3 unspecified atom stereocenters. The van der Waals surface area contributed by atoms with Crippen molar-refractivity contribution in [1.82, 2.24) is 26.2 Å². The van der Waals surface area contributed by atoms with Crippen LogP contribution >= 0.6 is 0 Å². The van der Waals surface area contributed by atoms with E-state index < -0.39 is 54.1 Å². The number of benzene rings is 2. The molecule has 0 spiro atoms. The van der Waals surface area contributed by atoms with Gasteiger partial charge in [-0.3, -0.25) is 28.8 Å². The number of carbonyl (C=O) groups excluding carboxylic acids is 7. The maximum atomic E-state index is 13.4. The summed E-state index contributed by atoms with van der Waals surface area (Å²) in [5.74, 6) is -3.60. The molecular weight excluding hydrogens is 658 g/mol. The van der Waals surface area contributed by atoms with Crippen LogP contribution in [-0.4, -0.2) is 98.5 Å². The highest BCUT2D eigenvalue weighted by molar-refractivity contribution is 6.38. The number of carbonyl (C=O) groups is 7. The van der Waals surface area contributed by atoms with Crippen LogP contribution in [0.5, 0.6) is 5.75 Å². The number of likely N-dealkylation sites (N-methyl/N-ethyl adjacent to an activating group) is 1. The summed E-state index contributed by atoms with van der Waals surface area (Å²) >= 11 is 0. The van der Waals surface area contributed by atoms with E-state index in [-0.39, 0.29) is 38.3 Å². The van der Waals surface area contributed by atoms with Crippen LogP contribution in [0.15, 0.2) is 48.5 Å². The average molecular weight is 710 g/mol. The molecule has 0 saturated heterocycles. The van der Waals surface area contributed by atoms with Crippen LogP contribution < -0.4 is 26.0 Å². The van der Waals surface area contributed by atoms with Crippen LogP contribution in [0.1, 0.15) is 69.2 Å². The molecule has 0 aliphatic rings. The van der Waals surface area contributed by atoms with E-state index in [0.29, 0.717) is 42.8 Å². The number of aryl methyl sites for hydroxylation is 1. The highest BCUT2D eigenvalue weighted by atomic mass is 16.5. The van der Waals surface area contributed by atoms with Gasteiger partial charge in [0, 0.05) is 26.7 Å². The second-order valence-corrected chi connectivity index (χ2v) is 11.9. The van der Waals surface area contributed by atoms with Gasteiger partial charge in [0.1, 0.15) is 24.1 Å². The second kappa shape index (κ2) is 22.6. The van der Waals surface area contributed by atoms with Gasteiger partial charge in [0.2, 0.25) is 29.4 Å². The smallest absolute Gasteiger partial charge is 0.290 e. The van der Waals surface area contributed by atoms with Crippen molar-refractivity contribution >= 4 is 41.6 Å². The summed E-state index contributed by atoms with van der Waals surface area (Å²) in [7, 11) is 1.62. The van der Waals surface area contributed by atoms with Crippen LogP contribution in [-0.2, 0) is 44.7 Å². The van der Waals surface area contributed by atoms with Crippen molar-refractivity contribution in [2.24, 2.45) is 0 Å². The van der Waals surface area contributed by atoms with Crippen LogP contribution in [0.25, 0.3) is 0 Å². The Bertz CT molecular complexity index is 1480. The Morgan fingerprint density at radius 2 is 1.61 bits per heavy atom. The lowest BCUT2D eigenvalue weighted by molar-refractivity contribution is -0.143. The van der Waals surface area contributed by atoms with Gasteiger partial charge in [-0.25, -0.2) is 0 Å². The lowest BCUT2D eigenvalue weighted by atomic mass is 10.0. The molecule has 51 heavy (non-hydrogen) atoms. The number of hydrogen-bond acceptors (Lipinski definition) is 9. The van der Waals surface area contributed by atoms with E-state index in [4.69, 9.17) is 9.47 Å². The van der Waals surface area contributed by atoms with Crippen molar-refractivity contribution in [2.75, 3.05) is 40.0 Å². The molecule has 0 saturated carbocycles. The molecule has 2 aromatic rings. The van der Waals surface area contributed by atoms with E-state index in [2.05, 4.69) is 21.3 Å². The Balaban J connectivity index is 1.96. The van der Waals surface area contributed by atoms with Gasteiger partial charge in [-0.1, -0.05) is 56.7 Å². The fourth-order valence-electron chi connectivity index (χ4n) is 5.36. The number of nitrogens with zero attached hydrogens (tertiary/aromatic N) is 1. The molecule has 0 fully saturated rings. The molecule has 3 atom stereocenters. The lowest BCUT2D eigenvalue weighted by Gasteiger charge is -2.30. The van der Waals surface area contributed by atoms with Gasteiger partial charge in [-0.2, -0.15) is 0 Å². The maximum absolute atomic E-state index is 13.4. The molecule has 4 N–H and O–H groups in total. The Labute approximate surface area is 299 Å². The zero-order chi connectivity index (χ0) is 37.8. The van der Waals surface area contributed by atoms with Crippen LogP contribution in [0.2, 0.25) is 0 Å². The minimum absolute atomic E-state index is 0.0163. The Morgan fingerprint density at radius 3 is 2.24 bits per heavy atom. The summed E-state index contributed by atoms with van der Waals surface area (Å²) < 4.78 is 10.8. The van der Waals surface area contributed by atoms with Crippen molar-refractivity contribution in [2.45, 2.75) is 77.9 Å². The summed E-state index contributed by atoms with van der Waals surface area (Å²) in [6, 6.07) is 10.9. The van der Waals surface area contributed by atoms with Crippen LogP contribution in [0.4, 0.5) is 0 Å². The molecule has 0 bridgehead atoms. The maximum Gasteiger partial charge on any atom is 0.290 e. The molecule has 278 valence electrons. The molecule has 5 amide bonds. The van der Waals surface area contributed by atoms with E-state index in [9.17, 15) is 33.6 Å². The quantitative estimate of drug-likeness (QED) is 0.0757. The zero-order valence-corrected chi connectivity index (χ0v) is 30.1. The normalized spacial score (nSPS) is 12.4. The number of aldehydes is 1. The minimum atomic E-state index is -1.21. The Kier molecular flexibility index (Phi) is 18.6. The summed E-state index contributed by atoms with van der Waals surface area (Å²) in [6.07, 6.45) is 2.08. The third-order valence-electron chi connectivity index (χ3n) is 7.86. The van der Waals surface area contributed by atoms with Gasteiger partial charge in [0.25, 0.3) is 5.91 Å². The molecule has 0 aliphatic carbocycles. The zero-order valence-electron chi connectivity index (χ0n) is 30.1. The predicted octanol–water partition coefficient (Wildman–Crippen LogP) is 1.72. The molecule has 0 aliphatic heterocycles. The highest BCUT2D eigenvalue weighted by Gasteiger charge is 2.32. The number of Topliss-reactive ketones (excluding diaryl/α,β-unsaturated/α-hetero) is 1. The van der Waals surface area contributed by atoms with Gasteiger partial charge in [-0.15, -0.1) is 0 Å². The summed E-state index contributed by atoms with van der Waals surface area (Å²) in [4.78, 5) is 90.4. The third-order valence-corrected chi connectivity index (χ3v) is 7.86. The number of rotatable bonds is 23. The van der Waals surface area contributed by atoms with Crippen molar-refractivity contribution in [3.8, 4) is 5.75 Å². The number of ketones is 1. The van der Waals surface area contributed by atoms with Crippen molar-refractivity contribution in [1.29, 1.82) is 0 Å². The van der Waals surface area contributed by atoms with E-state index >= 15 is 0 Å². The van der Waals surface area contributed by atoms with Gasteiger partial charge >= 0.3 is 0 Å². The van der Waals surface area contributed by atoms with Crippen molar-refractivity contribution < 1.29 is 43.0 Å². The monoisotopic (exact) mass is 709 g/mol. The molecular formula is C37H51N5O9. The van der Waals surface area contributed by atoms with Gasteiger partial charge in [0.05, 0.1) is 32.2 Å². The Morgan fingerprint density at radius 1 is 0.882 bits per heavy atom. The van der Waals surface area contributed by atoms with Crippen LogP contribution in [0, 0.1) is 6.92 Å². The number of nitrogens with one attached hydrogen (secondary N) is 4. The summed E-state index contributed by atoms with van der Waals surface area (Å²) in [5, 5.41) is 9.96. The van der Waals surface area contributed by atoms with Gasteiger partial charge < -0.3 is 40.4 Å². The Hall–Kier alpha value is -5.11. The molecule has 0 heterocycles. The first-order valence-corrected chi connectivity index (χ1v) is 17.2. The SMILES string of the molecule is CCCC(NC(=O)C(CC)N(CC)C(=O)CNC(=O)Cc1cc(C)cc(OCCCOC)c1)C(=O)C(=O)NCC(=O)NC(C=O)c1ccccc1. The summed E-state index contributed by atoms with van der Waals surface area (Å²) in [5.41, 5.74) is 2.19. The van der Waals surface area contributed by atoms with Crippen LogP contribution in [0.3, 0.4) is 0 Å². The number of hydrogen-bond donors (Lipinski definition) is 4. The third kappa shape index (κ3) is 14.3. The molecule has 0 radical (unpaired) electrons. The van der Waals surface area contributed by atoms with Crippen molar-refractivity contribution in [3.63, 3.8) is 0 Å². The lowest BCUT2D eigenvalue weighted by Crippen LogP contribution is -2.56. The number of methoxy groups -OCH3 is 1. The molecule has 0 aromatic heterocycles. The molecule has 14 nitrogen and oxygen atoms in total. The predicted molar refractivity (Wildman–Crippen MR) is 190 cm³/mol. The fraction of sp³-hybridized carbons (Fsp3) is 0.486. The molecule has 14 heteroatoms. The first kappa shape index (κ1) is 42.1. The highest BCUT2D eigenvalue weighted by Crippen LogP contribution is 2.18. The van der Waals surface area contributed by atoms with E-state index in [1.807, 2.05) is 19.1 Å². The largest absolute Gasteiger partial charge is 0.493 e. The van der Waals surface area contributed by atoms with E-state index in [0.717, 1.165) is 12.0 Å². The van der Waals surface area contributed by atoms with Crippen molar-refractivity contribution in [3.05, 3.63) is 65.2 Å². The van der Waals surface area contributed by atoms with Gasteiger partial charge in [0.15, 0.2) is 0 Å². The number of amides is 5. The topological polar surface area (TPSA) is 189 Å². The first-order valence-electron chi connectivity index (χ1n) is 17.2. The van der Waals surface area contributed by atoms with Gasteiger partial charge in [-0.05, 0) is 55.5 Å². The second-order valence-electron chi connectivity index (χ2n) is 11.9. The number of ether oxygens (including phenoxy) is 2. The van der Waals surface area contributed by atoms with E-state index in [1.165, 1.54) is 4.90 Å². The summed E-state index contributed by atoms with van der Waals surface area (Å²) in [6.45, 7) is 7.34. The molecule has 2 aromatic carbocycles. The van der Waals surface area contributed by atoms with E-state index in [1.54, 1.807) is 64.3 Å².